The number of benzene rings is 3. The number of hydrogen-bond acceptors (Lipinski definition) is 5. The number of ether oxygens (including phenoxy) is 1. The minimum absolute atomic E-state index is 0.0723. The van der Waals surface area contributed by atoms with Gasteiger partial charge in [-0.1, -0.05) is 40.9 Å². The fourth-order valence-corrected chi connectivity index (χ4v) is 4.03. The van der Waals surface area contributed by atoms with E-state index in [0.717, 1.165) is 4.90 Å². The molecule has 0 spiro atoms. The van der Waals surface area contributed by atoms with Gasteiger partial charge in [0.05, 0.1) is 18.5 Å². The number of carbonyl (C=O) groups is 3. The van der Waals surface area contributed by atoms with Crippen molar-refractivity contribution in [1.82, 2.24) is 0 Å². The maximum atomic E-state index is 13.0. The third-order valence-electron chi connectivity index (χ3n) is 5.27. The minimum Gasteiger partial charge on any atom is -0.495 e. The van der Waals surface area contributed by atoms with Gasteiger partial charge in [-0.25, -0.2) is 4.90 Å². The summed E-state index contributed by atoms with van der Waals surface area (Å²) in [5.41, 5.74) is 2.20. The highest BCUT2D eigenvalue weighted by Gasteiger charge is 2.39. The Kier molecular flexibility index (Phi) is 7.03. The van der Waals surface area contributed by atoms with Crippen molar-refractivity contribution in [2.45, 2.75) is 6.92 Å². The Hall–Kier alpha value is -3.52. The summed E-state index contributed by atoms with van der Waals surface area (Å²) in [5.74, 6) is -1.19. The van der Waals surface area contributed by atoms with Crippen LogP contribution in [0.5, 0.6) is 5.75 Å². The molecule has 35 heavy (non-hydrogen) atoms. The van der Waals surface area contributed by atoms with E-state index < -0.39 is 11.8 Å². The fraction of sp³-hybridized carbons (Fsp3) is 0.0800. The van der Waals surface area contributed by atoms with Crippen LogP contribution in [-0.2, 0) is 9.59 Å². The van der Waals surface area contributed by atoms with Crippen LogP contribution in [0, 0.1) is 6.92 Å². The molecular formula is C25H18Cl3N3O4. The smallest absolute Gasteiger partial charge is 0.283 e. The Morgan fingerprint density at radius 1 is 0.886 bits per heavy atom. The van der Waals surface area contributed by atoms with Crippen molar-refractivity contribution in [1.29, 1.82) is 0 Å². The maximum absolute atomic E-state index is 13.0. The van der Waals surface area contributed by atoms with Gasteiger partial charge >= 0.3 is 0 Å². The zero-order chi connectivity index (χ0) is 25.3. The number of anilines is 3. The van der Waals surface area contributed by atoms with Gasteiger partial charge in [0.1, 0.15) is 16.5 Å². The third kappa shape index (κ3) is 4.98. The van der Waals surface area contributed by atoms with Gasteiger partial charge in [0, 0.05) is 21.3 Å². The first-order valence-electron chi connectivity index (χ1n) is 10.3. The second kappa shape index (κ2) is 10.00. The lowest BCUT2D eigenvalue weighted by Crippen LogP contribution is -2.32. The summed E-state index contributed by atoms with van der Waals surface area (Å²) in [6, 6.07) is 16.1. The van der Waals surface area contributed by atoms with Gasteiger partial charge in [0.15, 0.2) is 0 Å². The standard InChI is InChI=1S/C25H18Cl3N3O4/c1-13-3-6-16(27)12-19(13)31-24(33)21(28)22(25(31)34)29-17-8-4-14(5-9-17)23(32)30-18-11-15(26)7-10-20(18)35-2/h3-12,29H,1-2H3,(H,30,32). The lowest BCUT2D eigenvalue weighted by atomic mass is 10.1. The first kappa shape index (κ1) is 24.6. The summed E-state index contributed by atoms with van der Waals surface area (Å²) in [7, 11) is 1.49. The Morgan fingerprint density at radius 3 is 2.23 bits per heavy atom. The number of amides is 3. The van der Waals surface area contributed by atoms with Crippen LogP contribution in [-0.4, -0.2) is 24.8 Å². The molecule has 10 heteroatoms. The van der Waals surface area contributed by atoms with Crippen LogP contribution in [0.15, 0.2) is 71.4 Å². The summed E-state index contributed by atoms with van der Waals surface area (Å²) in [5, 5.41) is 6.21. The molecule has 3 aromatic rings. The van der Waals surface area contributed by atoms with Crippen LogP contribution in [0.2, 0.25) is 10.0 Å². The molecule has 0 unspecified atom stereocenters. The normalized spacial score (nSPS) is 13.3. The molecule has 2 N–H and O–H groups in total. The summed E-state index contributed by atoms with van der Waals surface area (Å²) in [6.45, 7) is 1.76. The monoisotopic (exact) mass is 529 g/mol. The molecule has 1 aliphatic rings. The molecule has 0 aromatic heterocycles. The average Bonchev–Trinajstić information content (AvgIpc) is 3.04. The molecule has 0 atom stereocenters. The third-order valence-corrected chi connectivity index (χ3v) is 6.09. The Bertz CT molecular complexity index is 1390. The van der Waals surface area contributed by atoms with Crippen LogP contribution >= 0.6 is 34.8 Å². The van der Waals surface area contributed by atoms with Crippen LogP contribution in [0.4, 0.5) is 17.1 Å². The summed E-state index contributed by atoms with van der Waals surface area (Å²) in [4.78, 5) is 39.4. The topological polar surface area (TPSA) is 87.7 Å². The summed E-state index contributed by atoms with van der Waals surface area (Å²) in [6.07, 6.45) is 0. The van der Waals surface area contributed by atoms with Gasteiger partial charge in [-0.3, -0.25) is 14.4 Å². The molecule has 1 heterocycles. The highest BCUT2D eigenvalue weighted by Crippen LogP contribution is 2.33. The van der Waals surface area contributed by atoms with Crippen molar-refractivity contribution in [3.8, 4) is 5.75 Å². The van der Waals surface area contributed by atoms with Crippen molar-refractivity contribution < 1.29 is 19.1 Å². The number of halogens is 3. The molecule has 1 aliphatic heterocycles. The number of methoxy groups -OCH3 is 1. The predicted octanol–water partition coefficient (Wildman–Crippen LogP) is 6.00. The molecule has 178 valence electrons. The number of hydrogen-bond donors (Lipinski definition) is 2. The average molecular weight is 531 g/mol. The lowest BCUT2D eigenvalue weighted by molar-refractivity contribution is -0.120. The summed E-state index contributed by atoms with van der Waals surface area (Å²) >= 11 is 18.3. The largest absolute Gasteiger partial charge is 0.495 e. The van der Waals surface area contributed by atoms with E-state index in [2.05, 4.69) is 10.6 Å². The van der Waals surface area contributed by atoms with Crippen LogP contribution in [0.25, 0.3) is 0 Å². The highest BCUT2D eigenvalue weighted by molar-refractivity contribution is 6.53. The van der Waals surface area contributed by atoms with Gasteiger partial charge in [-0.15, -0.1) is 0 Å². The number of rotatable bonds is 6. The highest BCUT2D eigenvalue weighted by atomic mass is 35.5. The van der Waals surface area contributed by atoms with Crippen LogP contribution < -0.4 is 20.3 Å². The van der Waals surface area contributed by atoms with E-state index in [1.807, 2.05) is 0 Å². The SMILES string of the molecule is COc1ccc(Cl)cc1NC(=O)c1ccc(NC2=C(Cl)C(=O)N(c3cc(Cl)ccc3C)C2=O)cc1. The summed E-state index contributed by atoms with van der Waals surface area (Å²) < 4.78 is 5.24. The molecule has 3 amide bonds. The lowest BCUT2D eigenvalue weighted by Gasteiger charge is -2.17. The molecule has 0 bridgehead atoms. The second-order valence-corrected chi connectivity index (χ2v) is 8.82. The van der Waals surface area contributed by atoms with Crippen molar-refractivity contribution in [3.63, 3.8) is 0 Å². The Balaban J connectivity index is 1.51. The predicted molar refractivity (Wildman–Crippen MR) is 138 cm³/mol. The maximum Gasteiger partial charge on any atom is 0.283 e. The minimum atomic E-state index is -0.656. The van der Waals surface area contributed by atoms with Crippen LogP contribution in [0.3, 0.4) is 0 Å². The van der Waals surface area contributed by atoms with E-state index in [9.17, 15) is 14.4 Å². The van der Waals surface area contributed by atoms with Crippen molar-refractivity contribution >= 4 is 69.6 Å². The molecule has 7 nitrogen and oxygen atoms in total. The molecule has 0 radical (unpaired) electrons. The van der Waals surface area contributed by atoms with Gasteiger partial charge < -0.3 is 15.4 Å². The molecule has 0 aliphatic carbocycles. The Labute approximate surface area is 216 Å². The molecular weight excluding hydrogens is 513 g/mol. The zero-order valence-electron chi connectivity index (χ0n) is 18.5. The van der Waals surface area contributed by atoms with E-state index in [1.54, 1.807) is 61.5 Å². The first-order valence-corrected chi connectivity index (χ1v) is 11.4. The molecule has 0 saturated heterocycles. The van der Waals surface area contributed by atoms with Crippen molar-refractivity contribution in [2.24, 2.45) is 0 Å². The van der Waals surface area contributed by atoms with E-state index in [4.69, 9.17) is 39.5 Å². The molecule has 0 saturated carbocycles. The second-order valence-electron chi connectivity index (χ2n) is 7.57. The fourth-order valence-electron chi connectivity index (χ4n) is 3.48. The van der Waals surface area contributed by atoms with E-state index in [0.29, 0.717) is 44.0 Å². The number of aryl methyl sites for hydroxylation is 1. The van der Waals surface area contributed by atoms with Crippen LogP contribution in [0.1, 0.15) is 15.9 Å². The number of nitrogens with zero attached hydrogens (tertiary/aromatic N) is 1. The van der Waals surface area contributed by atoms with Crippen molar-refractivity contribution in [2.75, 3.05) is 22.6 Å². The van der Waals surface area contributed by atoms with E-state index >= 15 is 0 Å². The van der Waals surface area contributed by atoms with E-state index in [1.165, 1.54) is 13.2 Å². The Morgan fingerprint density at radius 2 is 1.54 bits per heavy atom. The van der Waals surface area contributed by atoms with Gasteiger partial charge in [0.25, 0.3) is 17.7 Å². The first-order chi connectivity index (χ1) is 16.7. The molecule has 3 aromatic carbocycles. The van der Waals surface area contributed by atoms with E-state index in [-0.39, 0.29) is 16.6 Å². The van der Waals surface area contributed by atoms with Gasteiger partial charge in [-0.05, 0) is 67.1 Å². The molecule has 0 fully saturated rings. The van der Waals surface area contributed by atoms with Gasteiger partial charge in [0.2, 0.25) is 0 Å². The van der Waals surface area contributed by atoms with Crippen molar-refractivity contribution in [3.05, 3.63) is 92.6 Å². The number of carbonyl (C=O) groups excluding carboxylic acids is 3. The zero-order valence-corrected chi connectivity index (χ0v) is 20.8. The quantitative estimate of drug-likeness (QED) is 0.382. The number of imide groups is 1. The number of nitrogens with one attached hydrogen (secondary N) is 2. The van der Waals surface area contributed by atoms with Gasteiger partial charge in [-0.2, -0.15) is 0 Å². The molecule has 4 rings (SSSR count).